The average molecular weight is 519 g/mol. The van der Waals surface area contributed by atoms with E-state index in [4.69, 9.17) is 14.5 Å². The molecule has 2 heterocycles. The summed E-state index contributed by atoms with van der Waals surface area (Å²) < 4.78 is 10.6. The Hall–Kier alpha value is -2.38. The monoisotopic (exact) mass is 518 g/mol. The Balaban J connectivity index is 1.82. The number of nitrogens with zero attached hydrogens (tertiary/aromatic N) is 4. The van der Waals surface area contributed by atoms with Crippen molar-refractivity contribution in [2.75, 3.05) is 52.5 Å². The summed E-state index contributed by atoms with van der Waals surface area (Å²) in [6.45, 7) is 8.92. The van der Waals surface area contributed by atoms with Crippen molar-refractivity contribution in [1.82, 2.24) is 20.4 Å². The highest BCUT2D eigenvalue weighted by atomic mass is 16.5. The van der Waals surface area contributed by atoms with Gasteiger partial charge in [-0.3, -0.25) is 10.1 Å². The molecule has 0 radical (unpaired) electrons. The number of likely N-dealkylation sites (tertiary alicyclic amines) is 1. The van der Waals surface area contributed by atoms with Crippen LogP contribution >= 0.6 is 0 Å². The fourth-order valence-electron chi connectivity index (χ4n) is 5.57. The number of guanidine groups is 1. The molecule has 3 aliphatic rings. The molecular weight excluding hydrogens is 472 g/mol. The number of amides is 2. The number of piperidine rings is 1. The highest BCUT2D eigenvalue weighted by molar-refractivity contribution is 5.96. The zero-order valence-corrected chi connectivity index (χ0v) is 22.8. The molecular formula is C27H46N6O4. The van der Waals surface area contributed by atoms with Crippen molar-refractivity contribution in [1.29, 1.82) is 5.26 Å². The van der Waals surface area contributed by atoms with Gasteiger partial charge < -0.3 is 24.6 Å². The van der Waals surface area contributed by atoms with Gasteiger partial charge in [-0.2, -0.15) is 5.26 Å². The molecule has 1 atom stereocenters. The van der Waals surface area contributed by atoms with Crippen molar-refractivity contribution >= 4 is 18.0 Å². The van der Waals surface area contributed by atoms with Gasteiger partial charge in [-0.25, -0.2) is 9.79 Å². The van der Waals surface area contributed by atoms with E-state index in [0.29, 0.717) is 57.4 Å². The third kappa shape index (κ3) is 9.15. The maximum absolute atomic E-state index is 13.8. The van der Waals surface area contributed by atoms with Gasteiger partial charge in [-0.15, -0.1) is 0 Å². The lowest BCUT2D eigenvalue weighted by Gasteiger charge is -2.38. The summed E-state index contributed by atoms with van der Waals surface area (Å²) >= 11 is 0. The first-order valence-corrected chi connectivity index (χ1v) is 14.3. The molecule has 3 fully saturated rings. The van der Waals surface area contributed by atoms with Crippen LogP contribution in [-0.2, 0) is 14.3 Å². The predicted octanol–water partition coefficient (Wildman–Crippen LogP) is 3.03. The number of carbonyl (C=O) groups excluding carboxylic acids is 2. The zero-order chi connectivity index (χ0) is 26.5. The summed E-state index contributed by atoms with van der Waals surface area (Å²) in [5.74, 6) is 0.505. The normalized spacial score (nSPS) is 22.4. The maximum Gasteiger partial charge on any atom is 0.413 e. The molecule has 0 aromatic carbocycles. The molecule has 0 spiro atoms. The number of carbonyl (C=O) groups is 2. The van der Waals surface area contributed by atoms with Gasteiger partial charge >= 0.3 is 6.09 Å². The molecule has 1 saturated carbocycles. The Morgan fingerprint density at radius 1 is 1.11 bits per heavy atom. The van der Waals surface area contributed by atoms with Gasteiger partial charge in [0.2, 0.25) is 11.9 Å². The van der Waals surface area contributed by atoms with E-state index < -0.39 is 17.7 Å². The second kappa shape index (κ2) is 15.1. The number of nitriles is 1. The van der Waals surface area contributed by atoms with Crippen LogP contribution in [-0.4, -0.2) is 91.9 Å². The molecule has 0 unspecified atom stereocenters. The van der Waals surface area contributed by atoms with Crippen LogP contribution < -0.4 is 10.6 Å². The third-order valence-electron chi connectivity index (χ3n) is 7.74. The van der Waals surface area contributed by atoms with Gasteiger partial charge in [0, 0.05) is 26.2 Å². The van der Waals surface area contributed by atoms with E-state index in [1.165, 1.54) is 12.8 Å². The van der Waals surface area contributed by atoms with E-state index in [2.05, 4.69) is 28.5 Å². The third-order valence-corrected chi connectivity index (χ3v) is 7.74. The number of rotatable bonds is 8. The first-order valence-electron chi connectivity index (χ1n) is 14.3. The number of aliphatic imine (C=N–C) groups is 1. The molecule has 37 heavy (non-hydrogen) atoms. The molecule has 1 aliphatic carbocycles. The summed E-state index contributed by atoms with van der Waals surface area (Å²) in [6, 6.07) is 1.73. The average Bonchev–Trinajstić information content (AvgIpc) is 3.18. The van der Waals surface area contributed by atoms with Gasteiger partial charge in [-0.05, 0) is 45.1 Å². The van der Waals surface area contributed by atoms with Crippen LogP contribution in [0.3, 0.4) is 0 Å². The maximum atomic E-state index is 13.8. The topological polar surface area (TPSA) is 119 Å². The molecule has 10 nitrogen and oxygen atoms in total. The van der Waals surface area contributed by atoms with Crippen LogP contribution in [0.5, 0.6) is 0 Å². The molecule has 2 N–H and O–H groups in total. The van der Waals surface area contributed by atoms with Gasteiger partial charge in [0.05, 0.1) is 25.9 Å². The molecule has 3 rings (SSSR count). The number of ether oxygens (including phenoxy) is 2. The van der Waals surface area contributed by atoms with Crippen molar-refractivity contribution in [2.24, 2.45) is 10.9 Å². The second-order valence-corrected chi connectivity index (χ2v) is 10.5. The van der Waals surface area contributed by atoms with Crippen molar-refractivity contribution < 1.29 is 19.1 Å². The Morgan fingerprint density at radius 2 is 1.78 bits per heavy atom. The second-order valence-electron chi connectivity index (χ2n) is 10.5. The largest absolute Gasteiger partial charge is 0.450 e. The predicted molar refractivity (Wildman–Crippen MR) is 142 cm³/mol. The van der Waals surface area contributed by atoms with Crippen LogP contribution in [0, 0.1) is 17.2 Å². The Morgan fingerprint density at radius 3 is 2.38 bits per heavy atom. The zero-order valence-electron chi connectivity index (χ0n) is 22.8. The fraction of sp³-hybridized carbons (Fsp3) is 0.852. The summed E-state index contributed by atoms with van der Waals surface area (Å²) in [4.78, 5) is 35.3. The van der Waals surface area contributed by atoms with E-state index in [0.717, 1.165) is 51.7 Å². The molecule has 0 aromatic heterocycles. The Kier molecular flexibility index (Phi) is 11.9. The smallest absolute Gasteiger partial charge is 0.413 e. The highest BCUT2D eigenvalue weighted by Gasteiger charge is 2.38. The van der Waals surface area contributed by atoms with Gasteiger partial charge in [0.25, 0.3) is 0 Å². The first kappa shape index (κ1) is 29.2. The SMILES string of the molecule is CCCN1CCC(C#N)(NC(=O)[C@@H](CC2CCCCCC2)N=C(NC(=O)OCC)N2CCOCC2)CC1. The van der Waals surface area contributed by atoms with Crippen molar-refractivity contribution in [3.8, 4) is 6.07 Å². The van der Waals surface area contributed by atoms with E-state index in [1.807, 2.05) is 4.90 Å². The standard InChI is InChI=1S/C27H46N6O4/c1-3-13-32-14-11-27(21-28,12-15-32)31-24(34)23(20-22-9-7-5-6-8-10-22)29-25(30-26(35)37-4-2)33-16-18-36-19-17-33/h22-23H,3-20H2,1-2H3,(H,31,34)(H,29,30,35)/t23-/m1/s1. The van der Waals surface area contributed by atoms with Crippen LogP contribution in [0.1, 0.15) is 78.1 Å². The van der Waals surface area contributed by atoms with Crippen LogP contribution in [0.25, 0.3) is 0 Å². The summed E-state index contributed by atoms with van der Waals surface area (Å²) in [7, 11) is 0. The van der Waals surface area contributed by atoms with Gasteiger partial charge in [0.15, 0.2) is 0 Å². The minimum atomic E-state index is -0.883. The Bertz CT molecular complexity index is 791. The quantitative estimate of drug-likeness (QED) is 0.288. The minimum absolute atomic E-state index is 0.230. The van der Waals surface area contributed by atoms with E-state index in [9.17, 15) is 14.9 Å². The number of alkyl carbamates (subject to hydrolysis) is 1. The summed E-state index contributed by atoms with van der Waals surface area (Å²) in [6.07, 6.45) is 9.23. The molecule has 2 saturated heterocycles. The molecule has 208 valence electrons. The van der Waals surface area contributed by atoms with Gasteiger partial charge in [0.1, 0.15) is 11.6 Å². The molecule has 10 heteroatoms. The fourth-order valence-corrected chi connectivity index (χ4v) is 5.57. The first-order chi connectivity index (χ1) is 18.0. The van der Waals surface area contributed by atoms with Crippen molar-refractivity contribution in [2.45, 2.75) is 89.6 Å². The number of hydrogen-bond acceptors (Lipinski definition) is 7. The summed E-state index contributed by atoms with van der Waals surface area (Å²) in [5, 5.41) is 16.0. The summed E-state index contributed by atoms with van der Waals surface area (Å²) in [5.41, 5.74) is -0.883. The Labute approximate surface area is 222 Å². The molecule has 0 bridgehead atoms. The van der Waals surface area contributed by atoms with Crippen molar-refractivity contribution in [3.63, 3.8) is 0 Å². The van der Waals surface area contributed by atoms with E-state index >= 15 is 0 Å². The number of hydrogen-bond donors (Lipinski definition) is 2. The van der Waals surface area contributed by atoms with Gasteiger partial charge in [-0.1, -0.05) is 45.4 Å². The van der Waals surface area contributed by atoms with Crippen molar-refractivity contribution in [3.05, 3.63) is 0 Å². The van der Waals surface area contributed by atoms with Crippen LogP contribution in [0.4, 0.5) is 4.79 Å². The molecule has 2 aliphatic heterocycles. The molecule has 2 amide bonds. The highest BCUT2D eigenvalue weighted by Crippen LogP contribution is 2.28. The number of nitrogens with one attached hydrogen (secondary N) is 2. The van der Waals surface area contributed by atoms with Crippen LogP contribution in [0.2, 0.25) is 0 Å². The number of morpholine rings is 1. The lowest BCUT2D eigenvalue weighted by atomic mass is 9.87. The molecule has 0 aromatic rings. The lowest BCUT2D eigenvalue weighted by molar-refractivity contribution is -0.124. The minimum Gasteiger partial charge on any atom is -0.450 e. The van der Waals surface area contributed by atoms with E-state index in [-0.39, 0.29) is 12.5 Å². The lowest BCUT2D eigenvalue weighted by Crippen LogP contribution is -2.57. The van der Waals surface area contributed by atoms with Crippen LogP contribution in [0.15, 0.2) is 4.99 Å². The van der Waals surface area contributed by atoms with E-state index in [1.54, 1.807) is 6.92 Å².